The maximum Gasteiger partial charge on any atom is 0.218 e. The minimum Gasteiger partial charge on any atom is -0.395 e. The van der Waals surface area contributed by atoms with E-state index < -0.39 is 15.3 Å². The number of hydrogen-bond donors (Lipinski definition) is 1. The number of sulfonamides is 1. The summed E-state index contributed by atoms with van der Waals surface area (Å²) in [6.07, 6.45) is 3.03. The van der Waals surface area contributed by atoms with Gasteiger partial charge in [-0.05, 0) is 25.7 Å². The molecule has 0 aromatic carbocycles. The van der Waals surface area contributed by atoms with Gasteiger partial charge in [0, 0.05) is 13.1 Å². The average molecular weight is 235 g/mol. The maximum absolute atomic E-state index is 11.9. The third kappa shape index (κ3) is 2.92. The summed E-state index contributed by atoms with van der Waals surface area (Å²) in [5.74, 6) is 0.667. The Kier molecular flexibility index (Phi) is 4.55. The minimum absolute atomic E-state index is 0.296. The lowest BCUT2D eigenvalue weighted by molar-refractivity contribution is 0.255. The molecule has 1 heterocycles. The highest BCUT2D eigenvalue weighted by atomic mass is 32.2. The molecular formula is C10H21NO3S. The van der Waals surface area contributed by atoms with Crippen LogP contribution in [0.5, 0.6) is 0 Å². The van der Waals surface area contributed by atoms with E-state index in [1.807, 2.05) is 0 Å². The van der Waals surface area contributed by atoms with Gasteiger partial charge in [0.1, 0.15) is 0 Å². The van der Waals surface area contributed by atoms with Crippen LogP contribution in [0.1, 0.15) is 33.1 Å². The fourth-order valence-electron chi connectivity index (χ4n) is 1.92. The molecule has 0 aliphatic carbocycles. The molecule has 1 aliphatic rings. The molecule has 0 radical (unpaired) electrons. The van der Waals surface area contributed by atoms with Gasteiger partial charge in [-0.15, -0.1) is 0 Å². The number of aliphatic hydroxyl groups is 1. The van der Waals surface area contributed by atoms with Crippen molar-refractivity contribution in [3.05, 3.63) is 0 Å². The largest absolute Gasteiger partial charge is 0.395 e. The second kappa shape index (κ2) is 5.27. The normalized spacial score (nSPS) is 22.9. The molecule has 1 saturated heterocycles. The summed E-state index contributed by atoms with van der Waals surface area (Å²) in [6, 6.07) is 0. The minimum atomic E-state index is -3.26. The van der Waals surface area contributed by atoms with E-state index >= 15 is 0 Å². The van der Waals surface area contributed by atoms with Crippen LogP contribution in [0.15, 0.2) is 0 Å². The Balaban J connectivity index is 2.60. The molecule has 4 nitrogen and oxygen atoms in total. The van der Waals surface area contributed by atoms with E-state index in [1.54, 1.807) is 6.92 Å². The van der Waals surface area contributed by atoms with Gasteiger partial charge < -0.3 is 5.11 Å². The molecule has 0 aromatic heterocycles. The number of piperidine rings is 1. The topological polar surface area (TPSA) is 57.6 Å². The third-order valence-corrected chi connectivity index (χ3v) is 5.53. The fraction of sp³-hybridized carbons (Fsp3) is 1.00. The zero-order valence-electron chi connectivity index (χ0n) is 9.52. The zero-order valence-corrected chi connectivity index (χ0v) is 10.3. The molecule has 90 valence electrons. The van der Waals surface area contributed by atoms with Crippen molar-refractivity contribution in [2.24, 2.45) is 5.92 Å². The van der Waals surface area contributed by atoms with Crippen LogP contribution in [-0.4, -0.2) is 42.8 Å². The Labute approximate surface area is 92.3 Å². The van der Waals surface area contributed by atoms with Crippen LogP contribution in [0.4, 0.5) is 0 Å². The van der Waals surface area contributed by atoms with Crippen LogP contribution < -0.4 is 0 Å². The SMILES string of the molecule is CCC1CCN(S(=O)(=O)C(C)CO)CC1. The van der Waals surface area contributed by atoms with Crippen molar-refractivity contribution in [3.8, 4) is 0 Å². The van der Waals surface area contributed by atoms with E-state index in [4.69, 9.17) is 5.11 Å². The van der Waals surface area contributed by atoms with Crippen molar-refractivity contribution >= 4 is 10.0 Å². The number of rotatable bonds is 4. The van der Waals surface area contributed by atoms with Gasteiger partial charge in [0.25, 0.3) is 0 Å². The smallest absolute Gasteiger partial charge is 0.218 e. The van der Waals surface area contributed by atoms with Crippen molar-refractivity contribution in [2.45, 2.75) is 38.4 Å². The van der Waals surface area contributed by atoms with Crippen molar-refractivity contribution < 1.29 is 13.5 Å². The van der Waals surface area contributed by atoms with Crippen molar-refractivity contribution in [2.75, 3.05) is 19.7 Å². The van der Waals surface area contributed by atoms with Gasteiger partial charge in [-0.25, -0.2) is 12.7 Å². The molecular weight excluding hydrogens is 214 g/mol. The highest BCUT2D eigenvalue weighted by Gasteiger charge is 2.31. The standard InChI is InChI=1S/C10H21NO3S/c1-3-10-4-6-11(7-5-10)15(13,14)9(2)8-12/h9-10,12H,3-8H2,1-2H3. The lowest BCUT2D eigenvalue weighted by Gasteiger charge is -2.32. The number of aliphatic hydroxyl groups excluding tert-OH is 1. The number of nitrogens with zero attached hydrogens (tertiary/aromatic N) is 1. The quantitative estimate of drug-likeness (QED) is 0.785. The Morgan fingerprint density at radius 1 is 1.40 bits per heavy atom. The summed E-state index contributed by atoms with van der Waals surface area (Å²) in [5.41, 5.74) is 0. The highest BCUT2D eigenvalue weighted by Crippen LogP contribution is 2.23. The summed E-state index contributed by atoms with van der Waals surface area (Å²) in [5, 5.41) is 8.22. The van der Waals surface area contributed by atoms with Crippen LogP contribution in [0.2, 0.25) is 0 Å². The van der Waals surface area contributed by atoms with Gasteiger partial charge in [-0.3, -0.25) is 0 Å². The summed E-state index contributed by atoms with van der Waals surface area (Å²) >= 11 is 0. The molecule has 0 amide bonds. The molecule has 1 unspecified atom stereocenters. The molecule has 1 fully saturated rings. The lowest BCUT2D eigenvalue weighted by Crippen LogP contribution is -2.43. The van der Waals surface area contributed by atoms with Gasteiger partial charge in [0.15, 0.2) is 0 Å². The van der Waals surface area contributed by atoms with Gasteiger partial charge in [0.2, 0.25) is 10.0 Å². The van der Waals surface area contributed by atoms with Crippen LogP contribution in [0.25, 0.3) is 0 Å². The van der Waals surface area contributed by atoms with E-state index in [9.17, 15) is 8.42 Å². The molecule has 0 spiro atoms. The van der Waals surface area contributed by atoms with Gasteiger partial charge >= 0.3 is 0 Å². The molecule has 1 N–H and O–H groups in total. The van der Waals surface area contributed by atoms with Crippen molar-refractivity contribution in [1.29, 1.82) is 0 Å². The van der Waals surface area contributed by atoms with Crippen LogP contribution in [0, 0.1) is 5.92 Å². The van der Waals surface area contributed by atoms with E-state index in [2.05, 4.69) is 6.92 Å². The second-order valence-corrected chi connectivity index (χ2v) is 6.64. The number of hydrogen-bond acceptors (Lipinski definition) is 3. The summed E-state index contributed by atoms with van der Waals surface area (Å²) < 4.78 is 25.3. The molecule has 1 atom stereocenters. The van der Waals surface area contributed by atoms with Gasteiger partial charge in [0.05, 0.1) is 11.9 Å². The Bertz CT molecular complexity index is 281. The fourth-order valence-corrected chi connectivity index (χ4v) is 3.34. The Morgan fingerprint density at radius 2 is 1.93 bits per heavy atom. The molecule has 0 saturated carbocycles. The zero-order chi connectivity index (χ0) is 11.5. The van der Waals surface area contributed by atoms with Gasteiger partial charge in [-0.1, -0.05) is 13.3 Å². The monoisotopic (exact) mass is 235 g/mol. The second-order valence-electron chi connectivity index (χ2n) is 4.29. The van der Waals surface area contributed by atoms with E-state index in [-0.39, 0.29) is 6.61 Å². The third-order valence-electron chi connectivity index (χ3n) is 3.28. The Morgan fingerprint density at radius 3 is 2.33 bits per heavy atom. The first-order valence-electron chi connectivity index (χ1n) is 5.62. The first-order chi connectivity index (χ1) is 7.02. The molecule has 0 bridgehead atoms. The summed E-state index contributed by atoms with van der Waals surface area (Å²) in [6.45, 7) is 4.64. The van der Waals surface area contributed by atoms with Crippen LogP contribution >= 0.6 is 0 Å². The molecule has 1 rings (SSSR count). The first kappa shape index (κ1) is 12.9. The van der Waals surface area contributed by atoms with E-state index in [1.165, 1.54) is 4.31 Å². The predicted molar refractivity (Wildman–Crippen MR) is 60.1 cm³/mol. The predicted octanol–water partition coefficient (Wildman–Crippen LogP) is 0.819. The van der Waals surface area contributed by atoms with Crippen LogP contribution in [0.3, 0.4) is 0 Å². The van der Waals surface area contributed by atoms with Gasteiger partial charge in [-0.2, -0.15) is 0 Å². The average Bonchev–Trinajstić information content (AvgIpc) is 2.28. The van der Waals surface area contributed by atoms with E-state index in [0.717, 1.165) is 19.3 Å². The van der Waals surface area contributed by atoms with Crippen LogP contribution in [-0.2, 0) is 10.0 Å². The Hall–Kier alpha value is -0.130. The summed E-state index contributed by atoms with van der Waals surface area (Å²) in [4.78, 5) is 0. The van der Waals surface area contributed by atoms with Crippen molar-refractivity contribution in [1.82, 2.24) is 4.31 Å². The van der Waals surface area contributed by atoms with Crippen molar-refractivity contribution in [3.63, 3.8) is 0 Å². The first-order valence-corrected chi connectivity index (χ1v) is 7.12. The highest BCUT2D eigenvalue weighted by molar-refractivity contribution is 7.89. The molecule has 5 heteroatoms. The molecule has 0 aromatic rings. The molecule has 1 aliphatic heterocycles. The van der Waals surface area contributed by atoms with E-state index in [0.29, 0.717) is 19.0 Å². The maximum atomic E-state index is 11.9. The summed E-state index contributed by atoms with van der Waals surface area (Å²) in [7, 11) is -3.26. The lowest BCUT2D eigenvalue weighted by atomic mass is 9.96. The molecule has 15 heavy (non-hydrogen) atoms.